The molecule has 188 valence electrons. The molecule has 6 heteroatoms. The van der Waals surface area contributed by atoms with Gasteiger partial charge in [-0.1, -0.05) is 70.1 Å². The number of amides is 1. The van der Waals surface area contributed by atoms with Crippen LogP contribution in [0, 0.1) is 0 Å². The predicted molar refractivity (Wildman–Crippen MR) is 145 cm³/mol. The number of fused-ring (bicyclic) bond motifs is 3. The second-order valence-corrected chi connectivity index (χ2v) is 11.8. The van der Waals surface area contributed by atoms with Crippen LogP contribution in [0.2, 0.25) is 0 Å². The highest BCUT2D eigenvalue weighted by molar-refractivity contribution is 7.99. The van der Waals surface area contributed by atoms with Crippen molar-refractivity contribution in [2.75, 3.05) is 11.1 Å². The molecule has 2 aromatic carbocycles. The van der Waals surface area contributed by atoms with Crippen molar-refractivity contribution in [3.63, 3.8) is 0 Å². The Bertz CT molecular complexity index is 1170. The van der Waals surface area contributed by atoms with Crippen LogP contribution in [0.25, 0.3) is 11.1 Å². The van der Waals surface area contributed by atoms with E-state index in [2.05, 4.69) is 76.1 Å². The van der Waals surface area contributed by atoms with E-state index < -0.39 is 0 Å². The first-order valence-electron chi connectivity index (χ1n) is 12.8. The third kappa shape index (κ3) is 6.03. The number of anilines is 1. The number of unbranched alkanes of at least 4 members (excludes halogenated alkanes) is 2. The molecule has 1 aliphatic heterocycles. The van der Waals surface area contributed by atoms with Crippen LogP contribution in [-0.2, 0) is 11.2 Å². The van der Waals surface area contributed by atoms with Gasteiger partial charge in [0, 0.05) is 29.8 Å². The van der Waals surface area contributed by atoms with E-state index in [0.29, 0.717) is 23.5 Å². The molecule has 0 spiro atoms. The lowest BCUT2D eigenvalue weighted by Crippen LogP contribution is -2.24. The number of nitrogens with one attached hydrogen (secondary N) is 1. The minimum absolute atomic E-state index is 0.100. The number of oxazole rings is 1. The lowest BCUT2D eigenvalue weighted by atomic mass is 9.92. The second kappa shape index (κ2) is 10.7. The minimum Gasteiger partial charge on any atom is -0.483 e. The van der Waals surface area contributed by atoms with Gasteiger partial charge < -0.3 is 14.5 Å². The molecule has 3 aromatic rings. The van der Waals surface area contributed by atoms with Crippen molar-refractivity contribution in [1.82, 2.24) is 4.98 Å². The van der Waals surface area contributed by atoms with E-state index in [0.717, 1.165) is 54.0 Å². The van der Waals surface area contributed by atoms with Crippen LogP contribution in [0.3, 0.4) is 0 Å². The summed E-state index contributed by atoms with van der Waals surface area (Å²) in [4.78, 5) is 17.3. The van der Waals surface area contributed by atoms with Gasteiger partial charge in [0.05, 0.1) is 0 Å². The quantitative estimate of drug-likeness (QED) is 0.228. The zero-order chi connectivity index (χ0) is 25.2. The van der Waals surface area contributed by atoms with Crippen molar-refractivity contribution in [2.24, 2.45) is 0 Å². The highest BCUT2D eigenvalue weighted by Gasteiger charge is 2.33. The summed E-state index contributed by atoms with van der Waals surface area (Å²) in [5, 5.41) is 3.90. The number of aromatic nitrogens is 1. The molecule has 0 radical (unpaired) electrons. The van der Waals surface area contributed by atoms with Crippen molar-refractivity contribution in [2.45, 2.75) is 96.3 Å². The second-order valence-electron chi connectivity index (χ2n) is 10.7. The van der Waals surface area contributed by atoms with Gasteiger partial charge in [-0.05, 0) is 55.7 Å². The molecule has 2 heterocycles. The zero-order valence-electron chi connectivity index (χ0n) is 21.9. The molecule has 4 rings (SSSR count). The number of hydrogen-bond acceptors (Lipinski definition) is 5. The molecule has 1 N–H and O–H groups in total. The fraction of sp³-hybridized carbons (Fsp3) is 0.517. The van der Waals surface area contributed by atoms with E-state index in [1.54, 1.807) is 11.8 Å². The van der Waals surface area contributed by atoms with Crippen molar-refractivity contribution in [1.29, 1.82) is 0 Å². The number of rotatable bonds is 10. The minimum atomic E-state index is -0.198. The first-order valence-corrected chi connectivity index (χ1v) is 13.8. The van der Waals surface area contributed by atoms with E-state index in [-0.39, 0.29) is 11.5 Å². The molecular formula is C29H38N2O3S. The normalized spacial score (nSPS) is 14.5. The van der Waals surface area contributed by atoms with Gasteiger partial charge in [0.15, 0.2) is 11.3 Å². The molecule has 0 fully saturated rings. The molecule has 1 aromatic heterocycles. The summed E-state index contributed by atoms with van der Waals surface area (Å²) >= 11 is 1.63. The summed E-state index contributed by atoms with van der Waals surface area (Å²) < 4.78 is 12.1. The average Bonchev–Trinajstić information content (AvgIpc) is 3.34. The Balaban J connectivity index is 1.24. The number of nitrogens with zero attached hydrogens (tertiary/aromatic N) is 1. The van der Waals surface area contributed by atoms with E-state index >= 15 is 0 Å². The SMILES string of the molecule is CC(C)c1cccc(C(C)C)c1NC(=O)CCCCCSc1nc2ccc3c(c2o1)OC(C)(C)C3. The Morgan fingerprint density at radius 1 is 1.06 bits per heavy atom. The van der Waals surface area contributed by atoms with Crippen LogP contribution in [0.4, 0.5) is 5.69 Å². The Morgan fingerprint density at radius 3 is 2.46 bits per heavy atom. The molecule has 35 heavy (non-hydrogen) atoms. The maximum Gasteiger partial charge on any atom is 0.256 e. The molecule has 0 saturated heterocycles. The lowest BCUT2D eigenvalue weighted by molar-refractivity contribution is -0.116. The number of carbonyl (C=O) groups excluding carboxylic acids is 1. The smallest absolute Gasteiger partial charge is 0.256 e. The Hall–Kier alpha value is -2.47. The highest BCUT2D eigenvalue weighted by Crippen LogP contribution is 2.41. The van der Waals surface area contributed by atoms with Gasteiger partial charge in [-0.2, -0.15) is 0 Å². The summed E-state index contributed by atoms with van der Waals surface area (Å²) in [6.07, 6.45) is 4.30. The molecule has 0 aliphatic carbocycles. The van der Waals surface area contributed by atoms with Gasteiger partial charge in [0.25, 0.3) is 5.22 Å². The fourth-order valence-corrected chi connectivity index (χ4v) is 5.52. The summed E-state index contributed by atoms with van der Waals surface area (Å²) in [5.41, 5.74) is 6.02. The maximum atomic E-state index is 12.7. The topological polar surface area (TPSA) is 64.4 Å². The average molecular weight is 495 g/mol. The standard InChI is InChI=1S/C29H38N2O3S/c1-18(2)21-11-10-12-22(19(3)4)25(21)31-24(32)13-8-7-9-16-35-28-30-23-15-14-20-17-29(5,6)34-26(20)27(23)33-28/h10-12,14-15,18-19H,7-9,13,16-17H2,1-6H3,(H,31,32). The monoisotopic (exact) mass is 494 g/mol. The first kappa shape index (κ1) is 25.6. The van der Waals surface area contributed by atoms with Crippen molar-refractivity contribution >= 4 is 34.5 Å². The largest absolute Gasteiger partial charge is 0.483 e. The maximum absolute atomic E-state index is 12.7. The van der Waals surface area contributed by atoms with Crippen molar-refractivity contribution in [3.05, 3.63) is 47.0 Å². The van der Waals surface area contributed by atoms with E-state index in [9.17, 15) is 4.79 Å². The van der Waals surface area contributed by atoms with Crippen LogP contribution >= 0.6 is 11.8 Å². The third-order valence-corrected chi connectivity index (χ3v) is 7.39. The molecule has 0 bridgehead atoms. The molecule has 0 saturated carbocycles. The van der Waals surface area contributed by atoms with Gasteiger partial charge in [0.1, 0.15) is 11.1 Å². The third-order valence-electron chi connectivity index (χ3n) is 6.48. The van der Waals surface area contributed by atoms with Gasteiger partial charge in [0.2, 0.25) is 5.91 Å². The number of benzene rings is 2. The zero-order valence-corrected chi connectivity index (χ0v) is 22.7. The van der Waals surface area contributed by atoms with E-state index in [4.69, 9.17) is 9.15 Å². The molecular weight excluding hydrogens is 456 g/mol. The Labute approximate surface area is 213 Å². The number of hydrogen-bond donors (Lipinski definition) is 1. The highest BCUT2D eigenvalue weighted by atomic mass is 32.2. The van der Waals surface area contributed by atoms with E-state index in [1.807, 2.05) is 6.07 Å². The number of para-hydroxylation sites is 1. The molecule has 0 unspecified atom stereocenters. The Morgan fingerprint density at radius 2 is 1.77 bits per heavy atom. The molecule has 1 aliphatic rings. The van der Waals surface area contributed by atoms with Crippen LogP contribution in [0.15, 0.2) is 40.0 Å². The summed E-state index contributed by atoms with van der Waals surface area (Å²) in [7, 11) is 0. The van der Waals surface area contributed by atoms with Crippen molar-refractivity contribution < 1.29 is 13.9 Å². The van der Waals surface area contributed by atoms with Gasteiger partial charge in [-0.25, -0.2) is 4.98 Å². The van der Waals surface area contributed by atoms with Gasteiger partial charge in [-0.15, -0.1) is 0 Å². The predicted octanol–water partition coefficient (Wildman–Crippen LogP) is 8.08. The van der Waals surface area contributed by atoms with Crippen LogP contribution in [-0.4, -0.2) is 22.2 Å². The van der Waals surface area contributed by atoms with E-state index in [1.165, 1.54) is 16.7 Å². The van der Waals surface area contributed by atoms with Crippen LogP contribution < -0.4 is 10.1 Å². The fourth-order valence-electron chi connectivity index (χ4n) is 4.69. The van der Waals surface area contributed by atoms with Crippen LogP contribution in [0.1, 0.15) is 95.8 Å². The summed E-state index contributed by atoms with van der Waals surface area (Å²) in [6.45, 7) is 12.9. The Kier molecular flexibility index (Phi) is 7.80. The van der Waals surface area contributed by atoms with Crippen molar-refractivity contribution in [3.8, 4) is 5.75 Å². The molecule has 5 nitrogen and oxygen atoms in total. The first-order chi connectivity index (χ1) is 16.6. The number of thioether (sulfide) groups is 1. The summed E-state index contributed by atoms with van der Waals surface area (Å²) in [5.74, 6) is 2.59. The molecule has 0 atom stereocenters. The molecule has 1 amide bonds. The number of ether oxygens (including phenoxy) is 1. The van der Waals surface area contributed by atoms with Gasteiger partial charge in [-0.3, -0.25) is 4.79 Å². The summed E-state index contributed by atoms with van der Waals surface area (Å²) in [6, 6.07) is 10.5. The number of carbonyl (C=O) groups is 1. The van der Waals surface area contributed by atoms with Crippen LogP contribution in [0.5, 0.6) is 5.75 Å². The lowest BCUT2D eigenvalue weighted by Gasteiger charge is -2.20. The van der Waals surface area contributed by atoms with Gasteiger partial charge >= 0.3 is 0 Å².